The lowest BCUT2D eigenvalue weighted by Crippen LogP contribution is -2.54. The predicted molar refractivity (Wildman–Crippen MR) is 72.2 cm³/mol. The molecule has 1 aliphatic rings. The molecule has 0 aromatic carbocycles. The molecule has 0 aromatic heterocycles. The molecular formula is C11H22O5SSi. The molecule has 0 aliphatic carbocycles. The van der Waals surface area contributed by atoms with Crippen molar-refractivity contribution in [2.75, 3.05) is 31.8 Å². The van der Waals surface area contributed by atoms with Crippen LogP contribution in [-0.2, 0) is 18.1 Å². The summed E-state index contributed by atoms with van der Waals surface area (Å²) in [5.41, 5.74) is 0. The highest BCUT2D eigenvalue weighted by molar-refractivity contribution is 8.14. The lowest BCUT2D eigenvalue weighted by atomic mass is 10.2. The highest BCUT2D eigenvalue weighted by Gasteiger charge is 2.45. The average Bonchev–Trinajstić information content (AvgIpc) is 2.36. The van der Waals surface area contributed by atoms with Crippen LogP contribution in [0.2, 0.25) is 0 Å². The van der Waals surface area contributed by atoms with E-state index in [1.165, 1.54) is 18.7 Å². The zero-order valence-electron chi connectivity index (χ0n) is 11.2. The van der Waals surface area contributed by atoms with Gasteiger partial charge in [-0.3, -0.25) is 4.79 Å². The molecular weight excluding hydrogens is 272 g/mol. The first-order valence-corrected chi connectivity index (χ1v) is 9.05. The Morgan fingerprint density at radius 1 is 1.56 bits per heavy atom. The average molecular weight is 294 g/mol. The summed E-state index contributed by atoms with van der Waals surface area (Å²) in [5, 5.41) is 9.49. The van der Waals surface area contributed by atoms with Crippen molar-refractivity contribution in [3.63, 3.8) is 0 Å². The second-order valence-electron chi connectivity index (χ2n) is 4.79. The first-order chi connectivity index (χ1) is 8.47. The molecule has 1 saturated heterocycles. The van der Waals surface area contributed by atoms with E-state index in [-0.39, 0.29) is 17.6 Å². The van der Waals surface area contributed by atoms with Crippen LogP contribution in [0.25, 0.3) is 0 Å². The van der Waals surface area contributed by atoms with Crippen LogP contribution in [0.15, 0.2) is 0 Å². The van der Waals surface area contributed by atoms with E-state index < -0.39 is 8.80 Å². The van der Waals surface area contributed by atoms with Gasteiger partial charge in [0.15, 0.2) is 5.12 Å². The van der Waals surface area contributed by atoms with Crippen molar-refractivity contribution in [1.82, 2.24) is 0 Å². The van der Waals surface area contributed by atoms with Crippen LogP contribution in [0, 0.1) is 11.8 Å². The smallest absolute Gasteiger partial charge is 0.396 e. The summed E-state index contributed by atoms with van der Waals surface area (Å²) in [5.74, 6) is 0.398. The third-order valence-electron chi connectivity index (χ3n) is 2.53. The summed E-state index contributed by atoms with van der Waals surface area (Å²) in [7, 11) is -2.74. The Kier molecular flexibility index (Phi) is 6.82. The van der Waals surface area contributed by atoms with Crippen molar-refractivity contribution in [3.8, 4) is 0 Å². The molecule has 7 heteroatoms. The van der Waals surface area contributed by atoms with Crippen LogP contribution in [0.1, 0.15) is 20.8 Å². The molecule has 0 radical (unpaired) electrons. The van der Waals surface area contributed by atoms with Crippen LogP contribution < -0.4 is 0 Å². The summed E-state index contributed by atoms with van der Waals surface area (Å²) < 4.78 is 17.3. The van der Waals surface area contributed by atoms with Gasteiger partial charge in [-0.05, 0) is 0 Å². The largest absolute Gasteiger partial charge is 0.511 e. The van der Waals surface area contributed by atoms with Crippen molar-refractivity contribution in [1.29, 1.82) is 0 Å². The number of carbonyl (C=O) groups is 1. The fraction of sp³-hybridized carbons (Fsp3) is 0.909. The summed E-state index contributed by atoms with van der Waals surface area (Å²) in [6.07, 6.45) is 0. The Bertz CT molecular complexity index is 268. The van der Waals surface area contributed by atoms with Crippen LogP contribution in [0.5, 0.6) is 0 Å². The number of thioether (sulfide) groups is 1. The van der Waals surface area contributed by atoms with Gasteiger partial charge in [0, 0.05) is 45.2 Å². The van der Waals surface area contributed by atoms with E-state index in [1.807, 2.05) is 13.8 Å². The van der Waals surface area contributed by atoms with Gasteiger partial charge in [-0.25, -0.2) is 0 Å². The molecule has 1 heterocycles. The Balaban J connectivity index is 2.53. The number of aliphatic hydroxyl groups excluding tert-OH is 1. The van der Waals surface area contributed by atoms with Crippen LogP contribution >= 0.6 is 11.8 Å². The van der Waals surface area contributed by atoms with Crippen molar-refractivity contribution in [3.05, 3.63) is 0 Å². The number of carbonyl (C=O) groups excluding carboxylic acids is 1. The molecule has 0 spiro atoms. The minimum atomic E-state index is -2.74. The minimum absolute atomic E-state index is 0.0338. The molecule has 1 aliphatic heterocycles. The third kappa shape index (κ3) is 5.37. The van der Waals surface area contributed by atoms with Gasteiger partial charge in [0.1, 0.15) is 0 Å². The maximum atomic E-state index is 11.1. The van der Waals surface area contributed by atoms with E-state index in [2.05, 4.69) is 0 Å². The second-order valence-corrected chi connectivity index (χ2v) is 9.04. The Morgan fingerprint density at radius 2 is 2.17 bits per heavy atom. The van der Waals surface area contributed by atoms with E-state index >= 15 is 0 Å². The molecule has 1 atom stereocenters. The van der Waals surface area contributed by atoms with Crippen molar-refractivity contribution >= 4 is 25.7 Å². The van der Waals surface area contributed by atoms with Crippen molar-refractivity contribution in [2.45, 2.75) is 20.8 Å². The Labute approximate surface area is 114 Å². The summed E-state index contributed by atoms with van der Waals surface area (Å²) >= 11 is 1.18. The molecule has 0 aromatic rings. The molecule has 1 N–H and O–H groups in total. The maximum absolute atomic E-state index is 11.1. The number of hydrogen-bond acceptors (Lipinski definition) is 6. The topological polar surface area (TPSA) is 65.0 Å². The van der Waals surface area contributed by atoms with E-state index in [1.54, 1.807) is 0 Å². The molecule has 1 unspecified atom stereocenters. The number of aliphatic hydroxyl groups is 1. The van der Waals surface area contributed by atoms with Crippen LogP contribution in [0.3, 0.4) is 0 Å². The Morgan fingerprint density at radius 3 is 2.67 bits per heavy atom. The molecule has 0 amide bonds. The fourth-order valence-electron chi connectivity index (χ4n) is 1.35. The van der Waals surface area contributed by atoms with E-state index in [9.17, 15) is 4.79 Å². The lowest BCUT2D eigenvalue weighted by molar-refractivity contribution is -0.109. The van der Waals surface area contributed by atoms with E-state index in [0.717, 1.165) is 0 Å². The fourth-order valence-corrected chi connectivity index (χ4v) is 5.73. The van der Waals surface area contributed by atoms with Crippen LogP contribution in [-0.4, -0.2) is 50.8 Å². The molecule has 1 fully saturated rings. The normalized spacial score (nSPS) is 30.1. The minimum Gasteiger partial charge on any atom is -0.396 e. The van der Waals surface area contributed by atoms with Gasteiger partial charge in [-0.2, -0.15) is 0 Å². The quantitative estimate of drug-likeness (QED) is 0.739. The first-order valence-electron chi connectivity index (χ1n) is 6.13. The Hall–Kier alpha value is 0.0769. The van der Waals surface area contributed by atoms with Gasteiger partial charge in [0.25, 0.3) is 0 Å². The van der Waals surface area contributed by atoms with Gasteiger partial charge in [-0.15, -0.1) is 0 Å². The van der Waals surface area contributed by atoms with Gasteiger partial charge in [-0.1, -0.05) is 25.6 Å². The molecule has 0 bridgehead atoms. The van der Waals surface area contributed by atoms with E-state index in [0.29, 0.717) is 31.1 Å². The standard InChI is InChI=1S/C11H22O5SSi/c1-9(4-12)5-14-18(8-17-11(3)13)15-6-10(2)7-16-18/h9-10,12H,4-8H2,1-3H3. The van der Waals surface area contributed by atoms with E-state index in [4.69, 9.17) is 18.4 Å². The van der Waals surface area contributed by atoms with Gasteiger partial charge < -0.3 is 18.4 Å². The summed E-state index contributed by atoms with van der Waals surface area (Å²) in [4.78, 5) is 11.1. The van der Waals surface area contributed by atoms with Crippen LogP contribution in [0.4, 0.5) is 0 Å². The maximum Gasteiger partial charge on any atom is 0.511 e. The second kappa shape index (κ2) is 7.61. The summed E-state index contributed by atoms with van der Waals surface area (Å²) in [6.45, 7) is 7.15. The zero-order chi connectivity index (χ0) is 13.6. The first kappa shape index (κ1) is 16.1. The molecule has 5 nitrogen and oxygen atoms in total. The van der Waals surface area contributed by atoms with Gasteiger partial charge in [0.05, 0.1) is 5.38 Å². The van der Waals surface area contributed by atoms with Gasteiger partial charge >= 0.3 is 8.80 Å². The predicted octanol–water partition coefficient (Wildman–Crippen LogP) is 1.07. The molecule has 0 saturated carbocycles. The highest BCUT2D eigenvalue weighted by atomic mass is 32.2. The van der Waals surface area contributed by atoms with Gasteiger partial charge in [0.2, 0.25) is 0 Å². The third-order valence-corrected chi connectivity index (χ3v) is 6.74. The lowest BCUT2D eigenvalue weighted by Gasteiger charge is -2.35. The SMILES string of the molecule is CC(=O)SC[Si]1(OCC(C)CO)OCC(C)CO1. The van der Waals surface area contributed by atoms with Crippen molar-refractivity contribution in [2.24, 2.45) is 11.8 Å². The monoisotopic (exact) mass is 294 g/mol. The van der Waals surface area contributed by atoms with Crippen molar-refractivity contribution < 1.29 is 23.2 Å². The summed E-state index contributed by atoms with van der Waals surface area (Å²) in [6, 6.07) is 0. The number of hydrogen-bond donors (Lipinski definition) is 1. The number of rotatable bonds is 6. The molecule has 106 valence electrons. The zero-order valence-corrected chi connectivity index (χ0v) is 13.0. The molecule has 18 heavy (non-hydrogen) atoms. The molecule has 1 rings (SSSR count). The highest BCUT2D eigenvalue weighted by Crippen LogP contribution is 2.24.